The molecule has 0 atom stereocenters. The largest absolute Gasteiger partial charge is 0.380 e. The molecule has 0 fully saturated rings. The first-order valence-corrected chi connectivity index (χ1v) is 6.74. The van der Waals surface area contributed by atoms with Crippen molar-refractivity contribution in [1.82, 2.24) is 4.98 Å². The van der Waals surface area contributed by atoms with Crippen molar-refractivity contribution >= 4 is 16.6 Å². The van der Waals surface area contributed by atoms with Crippen LogP contribution in [0.25, 0.3) is 10.9 Å². The van der Waals surface area contributed by atoms with E-state index in [-0.39, 0.29) is 23.0 Å². The average Bonchev–Trinajstić information content (AvgIpc) is 2.54. The molecule has 3 rings (SSSR count). The zero-order valence-electron chi connectivity index (χ0n) is 11.8. The number of rotatable bonds is 3. The van der Waals surface area contributed by atoms with Crippen LogP contribution in [-0.2, 0) is 6.54 Å². The molecule has 2 aromatic carbocycles. The third kappa shape index (κ3) is 2.94. The van der Waals surface area contributed by atoms with E-state index in [2.05, 4.69) is 10.3 Å². The summed E-state index contributed by atoms with van der Waals surface area (Å²) in [5, 5.41) is 12.0. The molecule has 0 saturated carbocycles. The summed E-state index contributed by atoms with van der Waals surface area (Å²) in [5.74, 6) is -1.95. The fourth-order valence-corrected chi connectivity index (χ4v) is 2.30. The number of aromatic nitrogens is 1. The van der Waals surface area contributed by atoms with Crippen LogP contribution in [-0.4, -0.2) is 4.98 Å². The van der Waals surface area contributed by atoms with Crippen LogP contribution >= 0.6 is 0 Å². The van der Waals surface area contributed by atoms with Gasteiger partial charge in [0.05, 0.1) is 11.6 Å². The van der Waals surface area contributed by atoms with Crippen LogP contribution in [0.1, 0.15) is 11.1 Å². The van der Waals surface area contributed by atoms with Crippen molar-refractivity contribution in [1.29, 1.82) is 5.26 Å². The van der Waals surface area contributed by atoms with Gasteiger partial charge in [0.25, 0.3) is 0 Å². The maximum absolute atomic E-state index is 13.8. The maximum Gasteiger partial charge on any atom is 0.152 e. The van der Waals surface area contributed by atoms with E-state index in [4.69, 9.17) is 5.26 Å². The van der Waals surface area contributed by atoms with E-state index in [0.29, 0.717) is 11.3 Å². The van der Waals surface area contributed by atoms with Crippen LogP contribution in [0.5, 0.6) is 0 Å². The molecular formula is C17H10F3N3. The zero-order chi connectivity index (χ0) is 16.4. The van der Waals surface area contributed by atoms with E-state index in [1.807, 2.05) is 6.07 Å². The Balaban J connectivity index is 1.95. The van der Waals surface area contributed by atoms with Crippen LogP contribution in [0.15, 0.2) is 42.6 Å². The lowest BCUT2D eigenvalue weighted by molar-refractivity contribution is 0.590. The molecule has 0 spiro atoms. The third-order valence-corrected chi connectivity index (χ3v) is 3.41. The molecule has 0 saturated heterocycles. The van der Waals surface area contributed by atoms with Crippen molar-refractivity contribution in [3.05, 3.63) is 71.2 Å². The molecule has 0 bridgehead atoms. The maximum atomic E-state index is 13.8. The molecule has 1 aromatic heterocycles. The summed E-state index contributed by atoms with van der Waals surface area (Å²) >= 11 is 0. The predicted molar refractivity (Wildman–Crippen MR) is 80.1 cm³/mol. The monoisotopic (exact) mass is 313 g/mol. The van der Waals surface area contributed by atoms with Crippen molar-refractivity contribution in [2.45, 2.75) is 6.54 Å². The van der Waals surface area contributed by atoms with E-state index >= 15 is 0 Å². The first kappa shape index (κ1) is 14.9. The second-order valence-electron chi connectivity index (χ2n) is 4.91. The number of hydrogen-bond donors (Lipinski definition) is 1. The highest BCUT2D eigenvalue weighted by Crippen LogP contribution is 2.25. The Bertz CT molecular complexity index is 932. The van der Waals surface area contributed by atoms with Gasteiger partial charge in [-0.2, -0.15) is 5.26 Å². The molecule has 1 N–H and O–H groups in total. The minimum atomic E-state index is -0.763. The number of anilines is 1. The number of nitrogens with zero attached hydrogens (tertiary/aromatic N) is 2. The van der Waals surface area contributed by atoms with Crippen molar-refractivity contribution in [3.8, 4) is 6.07 Å². The molecule has 3 aromatic rings. The number of fused-ring (bicyclic) bond motifs is 1. The van der Waals surface area contributed by atoms with Crippen molar-refractivity contribution in [3.63, 3.8) is 0 Å². The Labute approximate surface area is 130 Å². The minimum Gasteiger partial charge on any atom is -0.380 e. The summed E-state index contributed by atoms with van der Waals surface area (Å²) in [6, 6.07) is 9.42. The Morgan fingerprint density at radius 1 is 1.04 bits per heavy atom. The summed E-state index contributed by atoms with van der Waals surface area (Å²) in [4.78, 5) is 3.88. The van der Waals surface area contributed by atoms with Gasteiger partial charge in [0.2, 0.25) is 0 Å². The van der Waals surface area contributed by atoms with Crippen LogP contribution in [0.4, 0.5) is 18.9 Å². The first-order chi connectivity index (χ1) is 11.1. The van der Waals surface area contributed by atoms with E-state index in [1.165, 1.54) is 24.4 Å². The molecule has 0 unspecified atom stereocenters. The number of hydrogen-bond acceptors (Lipinski definition) is 3. The van der Waals surface area contributed by atoms with Crippen LogP contribution in [0, 0.1) is 28.8 Å². The number of benzene rings is 2. The lowest BCUT2D eigenvalue weighted by Crippen LogP contribution is -2.03. The highest BCUT2D eigenvalue weighted by atomic mass is 19.1. The van der Waals surface area contributed by atoms with Gasteiger partial charge in [-0.3, -0.25) is 4.98 Å². The Morgan fingerprint density at radius 2 is 1.87 bits per heavy atom. The van der Waals surface area contributed by atoms with Crippen LogP contribution in [0.2, 0.25) is 0 Å². The molecule has 6 heteroatoms. The van der Waals surface area contributed by atoms with Gasteiger partial charge < -0.3 is 5.32 Å². The molecule has 114 valence electrons. The van der Waals surface area contributed by atoms with Gasteiger partial charge in [-0.1, -0.05) is 0 Å². The molecule has 0 aliphatic rings. The highest BCUT2D eigenvalue weighted by Gasteiger charge is 2.10. The normalized spacial score (nSPS) is 10.5. The first-order valence-electron chi connectivity index (χ1n) is 6.74. The second-order valence-corrected chi connectivity index (χ2v) is 4.91. The lowest BCUT2D eigenvalue weighted by Gasteiger charge is -2.11. The van der Waals surface area contributed by atoms with Crippen molar-refractivity contribution in [2.24, 2.45) is 0 Å². The summed E-state index contributed by atoms with van der Waals surface area (Å²) < 4.78 is 40.9. The van der Waals surface area contributed by atoms with Crippen molar-refractivity contribution < 1.29 is 13.2 Å². The van der Waals surface area contributed by atoms with E-state index in [9.17, 15) is 13.2 Å². The van der Waals surface area contributed by atoms with Gasteiger partial charge in [0, 0.05) is 35.4 Å². The lowest BCUT2D eigenvalue weighted by atomic mass is 10.1. The number of nitriles is 1. The van der Waals surface area contributed by atoms with E-state index in [1.54, 1.807) is 6.07 Å². The minimum absolute atomic E-state index is 0.0302. The Hall–Kier alpha value is -3.07. The number of pyridine rings is 1. The standard InChI is InChI=1S/C17H10F3N3/c18-12-6-13-16(3-4-22-17(13)15(20)7-12)23-9-11-5-10(8-21)1-2-14(11)19/h1-7H,9H2,(H,22,23). The summed E-state index contributed by atoms with van der Waals surface area (Å²) in [6.07, 6.45) is 1.38. The fraction of sp³-hybridized carbons (Fsp3) is 0.0588. The van der Waals surface area contributed by atoms with Gasteiger partial charge in [0.15, 0.2) is 5.82 Å². The molecule has 3 nitrogen and oxygen atoms in total. The van der Waals surface area contributed by atoms with Crippen LogP contribution < -0.4 is 5.32 Å². The fourth-order valence-electron chi connectivity index (χ4n) is 2.30. The quantitative estimate of drug-likeness (QED) is 0.790. The van der Waals surface area contributed by atoms with Crippen LogP contribution in [0.3, 0.4) is 0 Å². The third-order valence-electron chi connectivity index (χ3n) is 3.41. The van der Waals surface area contributed by atoms with Crippen molar-refractivity contribution in [2.75, 3.05) is 5.32 Å². The summed E-state index contributed by atoms with van der Waals surface area (Å²) in [5.41, 5.74) is 1.07. The smallest absolute Gasteiger partial charge is 0.152 e. The summed E-state index contributed by atoms with van der Waals surface area (Å²) in [7, 11) is 0. The average molecular weight is 313 g/mol. The molecular weight excluding hydrogens is 303 g/mol. The molecule has 1 heterocycles. The summed E-state index contributed by atoms with van der Waals surface area (Å²) in [6.45, 7) is 0.0681. The van der Waals surface area contributed by atoms with E-state index < -0.39 is 17.5 Å². The SMILES string of the molecule is N#Cc1ccc(F)c(CNc2ccnc3c(F)cc(F)cc23)c1. The van der Waals surface area contributed by atoms with E-state index in [0.717, 1.165) is 12.1 Å². The van der Waals surface area contributed by atoms with Gasteiger partial charge in [-0.05, 0) is 30.3 Å². The molecule has 23 heavy (non-hydrogen) atoms. The molecule has 0 amide bonds. The van der Waals surface area contributed by atoms with Gasteiger partial charge >= 0.3 is 0 Å². The molecule has 0 aliphatic heterocycles. The number of halogens is 3. The zero-order valence-corrected chi connectivity index (χ0v) is 11.8. The highest BCUT2D eigenvalue weighted by molar-refractivity contribution is 5.91. The second kappa shape index (κ2) is 5.97. The van der Waals surface area contributed by atoms with Gasteiger partial charge in [0.1, 0.15) is 17.2 Å². The predicted octanol–water partition coefficient (Wildman–Crippen LogP) is 4.14. The van der Waals surface area contributed by atoms with Gasteiger partial charge in [-0.15, -0.1) is 0 Å². The number of nitrogens with one attached hydrogen (secondary N) is 1. The molecule has 0 radical (unpaired) electrons. The topological polar surface area (TPSA) is 48.7 Å². The Kier molecular flexibility index (Phi) is 3.85. The molecule has 0 aliphatic carbocycles. The van der Waals surface area contributed by atoms with Gasteiger partial charge in [-0.25, -0.2) is 13.2 Å². The Morgan fingerprint density at radius 3 is 2.65 bits per heavy atom.